The fourth-order valence-corrected chi connectivity index (χ4v) is 3.75. The minimum atomic E-state index is -4.20. The third kappa shape index (κ3) is 9.08. The molecule has 0 saturated carbocycles. The number of aryl methyl sites for hydroxylation is 1. The minimum absolute atomic E-state index is 0.0182. The molecule has 0 spiro atoms. The van der Waals surface area contributed by atoms with Crippen LogP contribution in [0.3, 0.4) is 0 Å². The number of carbonyl (C=O) groups excluding carboxylic acids is 1. The van der Waals surface area contributed by atoms with Crippen LogP contribution in [0.1, 0.15) is 50.3 Å². The number of hydrogen-bond acceptors (Lipinski definition) is 6. The second-order valence-corrected chi connectivity index (χ2v) is 10.1. The average molecular weight is 450 g/mol. The SMILES string of the molecule is CC(=O)OCc1cc(C(CNC(C)(C)C)CS(=O)(=O)O)ccc1Oc1ccc(C)cc1. The third-order valence-electron chi connectivity index (χ3n) is 4.53. The molecule has 2 aromatic carbocycles. The number of esters is 1. The van der Waals surface area contributed by atoms with Gasteiger partial charge in [-0.1, -0.05) is 23.8 Å². The van der Waals surface area contributed by atoms with Crippen molar-refractivity contribution in [3.05, 3.63) is 59.2 Å². The predicted octanol–water partition coefficient (Wildman–Crippen LogP) is 4.21. The molecule has 1 unspecified atom stereocenters. The average Bonchev–Trinajstić information content (AvgIpc) is 2.64. The summed E-state index contributed by atoms with van der Waals surface area (Å²) < 4.78 is 43.8. The third-order valence-corrected chi connectivity index (χ3v) is 5.35. The van der Waals surface area contributed by atoms with Gasteiger partial charge in [-0.25, -0.2) is 0 Å². The number of benzene rings is 2. The monoisotopic (exact) mass is 449 g/mol. The van der Waals surface area contributed by atoms with Crippen molar-refractivity contribution < 1.29 is 27.2 Å². The van der Waals surface area contributed by atoms with Gasteiger partial charge in [0.05, 0.1) is 5.75 Å². The second-order valence-electron chi connectivity index (χ2n) is 8.64. The van der Waals surface area contributed by atoms with Crippen LogP contribution < -0.4 is 10.1 Å². The second kappa shape index (κ2) is 10.3. The Morgan fingerprint density at radius 1 is 1.13 bits per heavy atom. The number of hydrogen-bond donors (Lipinski definition) is 2. The van der Waals surface area contributed by atoms with Crippen LogP contribution in [0.25, 0.3) is 0 Å². The maximum absolute atomic E-state index is 11.6. The van der Waals surface area contributed by atoms with E-state index in [-0.39, 0.29) is 12.1 Å². The Balaban J connectivity index is 2.38. The molecular weight excluding hydrogens is 418 g/mol. The zero-order valence-corrected chi connectivity index (χ0v) is 19.5. The summed E-state index contributed by atoms with van der Waals surface area (Å²) in [6, 6.07) is 12.8. The normalized spacial score (nSPS) is 13.0. The zero-order chi connectivity index (χ0) is 23.2. The summed E-state index contributed by atoms with van der Waals surface area (Å²) in [5.74, 6) is -0.231. The van der Waals surface area contributed by atoms with Crippen molar-refractivity contribution in [3.8, 4) is 11.5 Å². The fraction of sp³-hybridized carbons (Fsp3) is 0.435. The van der Waals surface area contributed by atoms with Gasteiger partial charge in [-0.05, 0) is 57.5 Å². The molecule has 0 fully saturated rings. The molecule has 0 aliphatic rings. The van der Waals surface area contributed by atoms with Gasteiger partial charge in [0.15, 0.2) is 0 Å². The van der Waals surface area contributed by atoms with Crippen LogP contribution in [0.15, 0.2) is 42.5 Å². The van der Waals surface area contributed by atoms with Crippen molar-refractivity contribution in [2.24, 2.45) is 0 Å². The van der Waals surface area contributed by atoms with E-state index in [4.69, 9.17) is 9.47 Å². The van der Waals surface area contributed by atoms with Crippen LogP contribution in [0, 0.1) is 6.92 Å². The summed E-state index contributed by atoms with van der Waals surface area (Å²) in [5.41, 5.74) is 2.16. The molecular formula is C23H31NO6S. The molecule has 2 N–H and O–H groups in total. The van der Waals surface area contributed by atoms with Gasteiger partial charge in [-0.3, -0.25) is 9.35 Å². The topological polar surface area (TPSA) is 102 Å². The molecule has 0 saturated heterocycles. The molecule has 1 atom stereocenters. The molecule has 0 amide bonds. The number of carbonyl (C=O) groups is 1. The Morgan fingerprint density at radius 2 is 1.77 bits per heavy atom. The Labute approximate surface area is 184 Å². The molecule has 0 radical (unpaired) electrons. The van der Waals surface area contributed by atoms with Gasteiger partial charge in [-0.15, -0.1) is 0 Å². The summed E-state index contributed by atoms with van der Waals surface area (Å²) >= 11 is 0. The largest absolute Gasteiger partial charge is 0.461 e. The van der Waals surface area contributed by atoms with E-state index >= 15 is 0 Å². The summed E-state index contributed by atoms with van der Waals surface area (Å²) in [5, 5.41) is 3.28. The van der Waals surface area contributed by atoms with E-state index < -0.39 is 27.8 Å². The lowest BCUT2D eigenvalue weighted by atomic mass is 9.97. The van der Waals surface area contributed by atoms with Crippen molar-refractivity contribution in [2.45, 2.75) is 52.7 Å². The first kappa shape index (κ1) is 24.8. The van der Waals surface area contributed by atoms with E-state index in [9.17, 15) is 17.8 Å². The number of rotatable bonds is 9. The molecule has 31 heavy (non-hydrogen) atoms. The van der Waals surface area contributed by atoms with E-state index in [1.165, 1.54) is 6.92 Å². The van der Waals surface area contributed by atoms with Gasteiger partial charge in [0.2, 0.25) is 0 Å². The van der Waals surface area contributed by atoms with Crippen molar-refractivity contribution in [1.82, 2.24) is 5.32 Å². The highest BCUT2D eigenvalue weighted by Gasteiger charge is 2.23. The van der Waals surface area contributed by atoms with Crippen LogP contribution in [0.4, 0.5) is 0 Å². The number of ether oxygens (including phenoxy) is 2. The lowest BCUT2D eigenvalue weighted by molar-refractivity contribution is -0.142. The van der Waals surface area contributed by atoms with Gasteiger partial charge in [0, 0.05) is 30.5 Å². The van der Waals surface area contributed by atoms with Crippen LogP contribution in [-0.2, 0) is 26.3 Å². The minimum Gasteiger partial charge on any atom is -0.461 e. The molecule has 2 aromatic rings. The molecule has 0 aromatic heterocycles. The Hall–Kier alpha value is -2.42. The van der Waals surface area contributed by atoms with Crippen LogP contribution >= 0.6 is 0 Å². The van der Waals surface area contributed by atoms with Crippen molar-refractivity contribution in [3.63, 3.8) is 0 Å². The Kier molecular flexibility index (Phi) is 8.22. The standard InChI is InChI=1S/C23H31NO6S/c1-16-6-9-21(10-7-16)30-22-11-8-18(12-19(22)14-29-17(2)25)20(15-31(26,27)28)13-24-23(3,4)5/h6-12,20,24H,13-15H2,1-5H3,(H,26,27,28). The van der Waals surface area contributed by atoms with Crippen LogP contribution in [0.5, 0.6) is 11.5 Å². The molecule has 7 nitrogen and oxygen atoms in total. The predicted molar refractivity (Wildman–Crippen MR) is 120 cm³/mol. The maximum Gasteiger partial charge on any atom is 0.302 e. The molecule has 0 aliphatic heterocycles. The van der Waals surface area contributed by atoms with Gasteiger partial charge in [0.25, 0.3) is 10.1 Å². The first-order valence-electron chi connectivity index (χ1n) is 10.0. The summed E-state index contributed by atoms with van der Waals surface area (Å²) in [7, 11) is -4.20. The first-order valence-corrected chi connectivity index (χ1v) is 11.6. The van der Waals surface area contributed by atoms with E-state index in [1.807, 2.05) is 52.0 Å². The highest BCUT2D eigenvalue weighted by Crippen LogP contribution is 2.30. The van der Waals surface area contributed by atoms with E-state index in [0.29, 0.717) is 29.2 Å². The highest BCUT2D eigenvalue weighted by atomic mass is 32.2. The van der Waals surface area contributed by atoms with Crippen molar-refractivity contribution >= 4 is 16.1 Å². The lowest BCUT2D eigenvalue weighted by Crippen LogP contribution is -2.39. The molecule has 2 rings (SSSR count). The number of nitrogens with one attached hydrogen (secondary N) is 1. The van der Waals surface area contributed by atoms with Gasteiger partial charge in [-0.2, -0.15) is 8.42 Å². The molecule has 0 bridgehead atoms. The first-order chi connectivity index (χ1) is 14.3. The van der Waals surface area contributed by atoms with Gasteiger partial charge in [0.1, 0.15) is 18.1 Å². The van der Waals surface area contributed by atoms with Crippen LogP contribution in [0.2, 0.25) is 0 Å². The zero-order valence-electron chi connectivity index (χ0n) is 18.6. The maximum atomic E-state index is 11.6. The lowest BCUT2D eigenvalue weighted by Gasteiger charge is -2.25. The highest BCUT2D eigenvalue weighted by molar-refractivity contribution is 7.85. The Morgan fingerprint density at radius 3 is 2.32 bits per heavy atom. The molecule has 170 valence electrons. The quantitative estimate of drug-likeness (QED) is 0.437. The fourth-order valence-electron chi connectivity index (χ4n) is 2.93. The van der Waals surface area contributed by atoms with Crippen molar-refractivity contribution in [2.75, 3.05) is 12.3 Å². The summed E-state index contributed by atoms with van der Waals surface area (Å²) in [6.45, 7) is 9.54. The summed E-state index contributed by atoms with van der Waals surface area (Å²) in [4.78, 5) is 11.4. The molecule has 8 heteroatoms. The van der Waals surface area contributed by atoms with E-state index in [1.54, 1.807) is 18.2 Å². The van der Waals surface area contributed by atoms with Gasteiger partial charge < -0.3 is 14.8 Å². The Bertz CT molecular complexity index is 994. The smallest absolute Gasteiger partial charge is 0.302 e. The van der Waals surface area contributed by atoms with E-state index in [0.717, 1.165) is 5.56 Å². The van der Waals surface area contributed by atoms with E-state index in [2.05, 4.69) is 5.32 Å². The molecule has 0 heterocycles. The van der Waals surface area contributed by atoms with Crippen molar-refractivity contribution in [1.29, 1.82) is 0 Å². The van der Waals surface area contributed by atoms with Gasteiger partial charge >= 0.3 is 5.97 Å². The van der Waals surface area contributed by atoms with Crippen LogP contribution in [-0.4, -0.2) is 36.8 Å². The molecule has 0 aliphatic carbocycles. The summed E-state index contributed by atoms with van der Waals surface area (Å²) in [6.07, 6.45) is 0.